The first-order chi connectivity index (χ1) is 15.3. The molecule has 1 aliphatic heterocycles. The third kappa shape index (κ3) is 4.75. The largest absolute Gasteiger partial charge is 0.493 e. The molecule has 166 valence electrons. The number of anilines is 1. The number of ether oxygens (including phenoxy) is 1. The molecule has 2 N–H and O–H groups in total. The highest BCUT2D eigenvalue weighted by Crippen LogP contribution is 2.26. The number of rotatable bonds is 6. The highest BCUT2D eigenvalue weighted by Gasteiger charge is 2.19. The zero-order valence-electron chi connectivity index (χ0n) is 17.5. The van der Waals surface area contributed by atoms with Crippen LogP contribution >= 0.6 is 0 Å². The molecule has 6 nitrogen and oxygen atoms in total. The molecule has 3 aromatic carbocycles. The number of aryl methyl sites for hydroxylation is 2. The van der Waals surface area contributed by atoms with E-state index in [4.69, 9.17) is 4.74 Å². The summed E-state index contributed by atoms with van der Waals surface area (Å²) >= 11 is 0. The smallest absolute Gasteiger partial charge is 0.261 e. The first-order valence-corrected chi connectivity index (χ1v) is 11.7. The van der Waals surface area contributed by atoms with Crippen molar-refractivity contribution < 1.29 is 22.3 Å². The van der Waals surface area contributed by atoms with Crippen molar-refractivity contribution in [1.29, 1.82) is 0 Å². The zero-order valence-corrected chi connectivity index (χ0v) is 18.3. The highest BCUT2D eigenvalue weighted by molar-refractivity contribution is 7.92. The quantitative estimate of drug-likeness (QED) is 0.585. The molecule has 8 heteroatoms. The maximum Gasteiger partial charge on any atom is 0.261 e. The lowest BCUT2D eigenvalue weighted by atomic mass is 10.0. The van der Waals surface area contributed by atoms with Gasteiger partial charge in [-0.3, -0.25) is 9.52 Å². The van der Waals surface area contributed by atoms with Gasteiger partial charge < -0.3 is 10.1 Å². The van der Waals surface area contributed by atoms with Gasteiger partial charge in [0.25, 0.3) is 15.9 Å². The zero-order chi connectivity index (χ0) is 22.7. The van der Waals surface area contributed by atoms with Gasteiger partial charge in [-0.1, -0.05) is 24.3 Å². The fourth-order valence-electron chi connectivity index (χ4n) is 3.56. The maximum absolute atomic E-state index is 13.5. The van der Waals surface area contributed by atoms with E-state index >= 15 is 0 Å². The first-order valence-electron chi connectivity index (χ1n) is 10.2. The summed E-state index contributed by atoms with van der Waals surface area (Å²) in [6.45, 7) is 2.50. The predicted octanol–water partition coefficient (Wildman–Crippen LogP) is 4.19. The lowest BCUT2D eigenvalue weighted by molar-refractivity contribution is 0.0952. The van der Waals surface area contributed by atoms with Gasteiger partial charge in [-0.2, -0.15) is 0 Å². The Labute approximate surface area is 186 Å². The summed E-state index contributed by atoms with van der Waals surface area (Å²) < 4.78 is 47.1. The Morgan fingerprint density at radius 3 is 2.72 bits per heavy atom. The molecule has 0 radical (unpaired) electrons. The number of fused-ring (bicyclic) bond motifs is 1. The predicted molar refractivity (Wildman–Crippen MR) is 120 cm³/mol. The molecule has 0 saturated carbocycles. The molecule has 0 spiro atoms. The van der Waals surface area contributed by atoms with Gasteiger partial charge in [0.1, 0.15) is 11.6 Å². The van der Waals surface area contributed by atoms with Crippen LogP contribution in [0.5, 0.6) is 5.75 Å². The Morgan fingerprint density at radius 1 is 1.09 bits per heavy atom. The number of nitrogens with one attached hydrogen (secondary N) is 2. The van der Waals surface area contributed by atoms with Gasteiger partial charge in [-0.05, 0) is 72.9 Å². The van der Waals surface area contributed by atoms with Crippen molar-refractivity contribution in [2.75, 3.05) is 11.3 Å². The van der Waals surface area contributed by atoms with Gasteiger partial charge in [-0.25, -0.2) is 12.8 Å². The Hall–Kier alpha value is -3.39. The number of halogens is 1. The molecule has 1 amide bonds. The average molecular weight is 455 g/mol. The van der Waals surface area contributed by atoms with Gasteiger partial charge in [-0.15, -0.1) is 0 Å². The number of carbonyl (C=O) groups excluding carboxylic acids is 1. The van der Waals surface area contributed by atoms with E-state index in [1.54, 1.807) is 18.2 Å². The van der Waals surface area contributed by atoms with Crippen molar-refractivity contribution in [2.45, 2.75) is 31.2 Å². The average Bonchev–Trinajstić information content (AvgIpc) is 2.79. The fourth-order valence-corrected chi connectivity index (χ4v) is 4.72. The summed E-state index contributed by atoms with van der Waals surface area (Å²) in [5.74, 6) is -0.0212. The minimum atomic E-state index is -4.00. The Kier molecular flexibility index (Phi) is 6.14. The molecule has 1 heterocycles. The first kappa shape index (κ1) is 21.8. The van der Waals surface area contributed by atoms with Crippen molar-refractivity contribution in [1.82, 2.24) is 5.32 Å². The highest BCUT2D eigenvalue weighted by atomic mass is 32.2. The molecule has 0 unspecified atom stereocenters. The second-order valence-corrected chi connectivity index (χ2v) is 9.32. The van der Waals surface area contributed by atoms with E-state index in [-0.39, 0.29) is 21.7 Å². The summed E-state index contributed by atoms with van der Waals surface area (Å²) in [7, 11) is -4.00. The van der Waals surface area contributed by atoms with Crippen LogP contribution < -0.4 is 14.8 Å². The lowest BCUT2D eigenvalue weighted by Gasteiger charge is -2.18. The van der Waals surface area contributed by atoms with Gasteiger partial charge >= 0.3 is 0 Å². The van der Waals surface area contributed by atoms with Crippen molar-refractivity contribution in [2.24, 2.45) is 0 Å². The molecule has 32 heavy (non-hydrogen) atoms. The molecule has 0 aromatic heterocycles. The lowest BCUT2D eigenvalue weighted by Crippen LogP contribution is -2.25. The van der Waals surface area contributed by atoms with Crippen molar-refractivity contribution in [3.8, 4) is 5.75 Å². The van der Waals surface area contributed by atoms with E-state index in [0.29, 0.717) is 13.2 Å². The molecular formula is C24H23FN2O4S. The van der Waals surface area contributed by atoms with Crippen LogP contribution in [-0.2, 0) is 23.0 Å². The van der Waals surface area contributed by atoms with Crippen LogP contribution in [0, 0.1) is 12.7 Å². The van der Waals surface area contributed by atoms with Crippen molar-refractivity contribution >= 4 is 21.6 Å². The molecule has 4 rings (SSSR count). The van der Waals surface area contributed by atoms with Gasteiger partial charge in [0.2, 0.25) is 0 Å². The maximum atomic E-state index is 13.5. The summed E-state index contributed by atoms with van der Waals surface area (Å²) in [5.41, 5.74) is 2.60. The number of hydrogen-bond acceptors (Lipinski definition) is 4. The van der Waals surface area contributed by atoms with Crippen LogP contribution in [0.1, 0.15) is 33.5 Å². The molecule has 0 bridgehead atoms. The normalized spacial score (nSPS) is 13.1. The number of amides is 1. The van der Waals surface area contributed by atoms with E-state index in [0.717, 1.165) is 35.8 Å². The molecular weight excluding hydrogens is 431 g/mol. The van der Waals surface area contributed by atoms with Crippen molar-refractivity contribution in [3.63, 3.8) is 0 Å². The third-order valence-corrected chi connectivity index (χ3v) is 6.64. The molecule has 0 atom stereocenters. The standard InChI is InChI=1S/C24H23FN2O4S/c1-16-13-19(9-10-21(16)25)32(29,30)27-22-7-3-2-6-20(22)24(28)26-15-17-8-11-23-18(14-17)5-4-12-31-23/h2-3,6-11,13-14,27H,4-5,12,15H2,1H3,(H,26,28). The molecule has 1 aliphatic rings. The Bertz CT molecular complexity index is 1270. The molecule has 0 aliphatic carbocycles. The van der Waals surface area contributed by atoms with Crippen molar-refractivity contribution in [3.05, 3.63) is 88.7 Å². The summed E-state index contributed by atoms with van der Waals surface area (Å²) in [6.07, 6.45) is 1.90. The van der Waals surface area contributed by atoms with Crippen LogP contribution in [-0.4, -0.2) is 20.9 Å². The summed E-state index contributed by atoms with van der Waals surface area (Å²) in [6, 6.07) is 15.7. The SMILES string of the molecule is Cc1cc(S(=O)(=O)Nc2ccccc2C(=O)NCc2ccc3c(c2)CCCO3)ccc1F. The van der Waals surface area contributed by atoms with E-state index < -0.39 is 21.7 Å². The minimum Gasteiger partial charge on any atom is -0.493 e. The second-order valence-electron chi connectivity index (χ2n) is 7.64. The fraction of sp³-hybridized carbons (Fsp3) is 0.208. The molecule has 0 fully saturated rings. The summed E-state index contributed by atoms with van der Waals surface area (Å²) in [4.78, 5) is 12.7. The number of carbonyl (C=O) groups is 1. The number of benzene rings is 3. The molecule has 3 aromatic rings. The number of sulfonamides is 1. The second kappa shape index (κ2) is 9.00. The van der Waals surface area contributed by atoms with E-state index in [9.17, 15) is 17.6 Å². The van der Waals surface area contributed by atoms with E-state index in [1.165, 1.54) is 25.1 Å². The third-order valence-electron chi connectivity index (χ3n) is 5.28. The van der Waals surface area contributed by atoms with Gasteiger partial charge in [0, 0.05) is 6.54 Å². The summed E-state index contributed by atoms with van der Waals surface area (Å²) in [5, 5.41) is 2.84. The number of hydrogen-bond donors (Lipinski definition) is 2. The van der Waals surface area contributed by atoms with Crippen LogP contribution in [0.15, 0.2) is 65.6 Å². The monoisotopic (exact) mass is 454 g/mol. The molecule has 0 saturated heterocycles. The van der Waals surface area contributed by atoms with Crippen LogP contribution in [0.2, 0.25) is 0 Å². The van der Waals surface area contributed by atoms with E-state index in [2.05, 4.69) is 10.0 Å². The van der Waals surface area contributed by atoms with Gasteiger partial charge in [0.15, 0.2) is 0 Å². The van der Waals surface area contributed by atoms with Crippen LogP contribution in [0.4, 0.5) is 10.1 Å². The van der Waals surface area contributed by atoms with Crippen LogP contribution in [0.25, 0.3) is 0 Å². The van der Waals surface area contributed by atoms with E-state index in [1.807, 2.05) is 18.2 Å². The van der Waals surface area contributed by atoms with Gasteiger partial charge in [0.05, 0.1) is 22.8 Å². The Morgan fingerprint density at radius 2 is 1.91 bits per heavy atom. The van der Waals surface area contributed by atoms with Crippen LogP contribution in [0.3, 0.4) is 0 Å². The minimum absolute atomic E-state index is 0.0807. The Balaban J connectivity index is 1.50. The topological polar surface area (TPSA) is 84.5 Å². The number of para-hydroxylation sites is 1.